The maximum atomic E-state index is 5.45. The molecule has 7 heteroatoms. The van der Waals surface area contributed by atoms with Gasteiger partial charge in [-0.1, -0.05) is 45.9 Å². The first-order chi connectivity index (χ1) is 11.2. The molecule has 0 saturated carbocycles. The fraction of sp³-hybridized carbons (Fsp3) is 0.438. The Morgan fingerprint density at radius 1 is 1.00 bits per heavy atom. The molecule has 0 atom stereocenters. The number of para-hydroxylation sites is 1. The van der Waals surface area contributed by atoms with Gasteiger partial charge in [-0.3, -0.25) is 0 Å². The summed E-state index contributed by atoms with van der Waals surface area (Å²) in [6.45, 7) is 11.1. The molecule has 23 heavy (non-hydrogen) atoms. The second-order valence-electron chi connectivity index (χ2n) is 3.43. The summed E-state index contributed by atoms with van der Waals surface area (Å²) in [6, 6.07) is 10.2. The maximum absolute atomic E-state index is 5.45. The lowest BCUT2D eigenvalue weighted by atomic mass is 10.3. The van der Waals surface area contributed by atoms with Crippen LogP contribution in [0.5, 0.6) is 0 Å². The van der Waals surface area contributed by atoms with Crippen LogP contribution in [0.1, 0.15) is 34.6 Å². The van der Waals surface area contributed by atoms with Crippen LogP contribution in [0.15, 0.2) is 30.3 Å². The molecule has 0 amide bonds. The van der Waals surface area contributed by atoms with E-state index in [-0.39, 0.29) is 11.2 Å². The van der Waals surface area contributed by atoms with E-state index in [1.165, 1.54) is 5.69 Å². The van der Waals surface area contributed by atoms with E-state index in [0.29, 0.717) is 5.95 Å². The topological polar surface area (TPSA) is 88.8 Å². The minimum absolute atomic E-state index is 0.0943. The van der Waals surface area contributed by atoms with Gasteiger partial charge in [0, 0.05) is 19.3 Å². The number of nitrogens with one attached hydrogen (secondary N) is 2. The third-order valence-corrected chi connectivity index (χ3v) is 2.17. The first-order valence-electron chi connectivity index (χ1n) is 7.79. The minimum Gasteiger partial charge on any atom is -0.385 e. The SMILES string of the molecule is CC.CC.CCNc1ccccc1.CNc1nc(N)nc(Cl)n1. The molecule has 0 bridgehead atoms. The predicted molar refractivity (Wildman–Crippen MR) is 102 cm³/mol. The highest BCUT2D eigenvalue weighted by atomic mass is 35.5. The van der Waals surface area contributed by atoms with E-state index in [9.17, 15) is 0 Å². The zero-order valence-electron chi connectivity index (χ0n) is 14.9. The molecule has 2 aromatic rings. The fourth-order valence-corrected chi connectivity index (χ4v) is 1.40. The Balaban J connectivity index is 0. The van der Waals surface area contributed by atoms with Crippen LogP contribution in [-0.2, 0) is 0 Å². The molecule has 0 spiro atoms. The molecule has 1 aromatic carbocycles. The van der Waals surface area contributed by atoms with Crippen LogP contribution in [0.4, 0.5) is 17.6 Å². The highest BCUT2D eigenvalue weighted by Crippen LogP contribution is 2.05. The van der Waals surface area contributed by atoms with Crippen molar-refractivity contribution < 1.29 is 0 Å². The van der Waals surface area contributed by atoms with E-state index >= 15 is 0 Å². The Kier molecular flexibility index (Phi) is 16.4. The number of nitrogens with zero attached hydrogens (tertiary/aromatic N) is 3. The number of hydrogen-bond donors (Lipinski definition) is 3. The number of benzene rings is 1. The van der Waals surface area contributed by atoms with Gasteiger partial charge in [-0.15, -0.1) is 0 Å². The van der Waals surface area contributed by atoms with Crippen molar-refractivity contribution in [3.63, 3.8) is 0 Å². The lowest BCUT2D eigenvalue weighted by molar-refractivity contribution is 1.06. The summed E-state index contributed by atoms with van der Waals surface area (Å²) in [5.74, 6) is 0.488. The standard InChI is InChI=1S/C8H11N.C4H6ClN5.2C2H6/c1-2-9-8-6-4-3-5-7-8;1-7-4-9-2(5)8-3(6)10-4;2*1-2/h3-7,9H,2H2,1H3;1H3,(H3,6,7,8,9,10);2*1-2H3. The molecule has 6 nitrogen and oxygen atoms in total. The Hall–Kier alpha value is -2.08. The Labute approximate surface area is 144 Å². The molecule has 0 fully saturated rings. The molecule has 0 aliphatic rings. The number of hydrogen-bond acceptors (Lipinski definition) is 6. The van der Waals surface area contributed by atoms with Gasteiger partial charge < -0.3 is 16.4 Å². The van der Waals surface area contributed by atoms with E-state index in [1.54, 1.807) is 7.05 Å². The Morgan fingerprint density at radius 2 is 1.57 bits per heavy atom. The van der Waals surface area contributed by atoms with Gasteiger partial charge in [0.2, 0.25) is 17.2 Å². The summed E-state index contributed by atoms with van der Waals surface area (Å²) < 4.78 is 0. The average Bonchev–Trinajstić information content (AvgIpc) is 2.59. The minimum atomic E-state index is 0.0943. The molecule has 1 heterocycles. The molecule has 2 rings (SSSR count). The van der Waals surface area contributed by atoms with Gasteiger partial charge >= 0.3 is 0 Å². The van der Waals surface area contributed by atoms with Crippen molar-refractivity contribution in [3.05, 3.63) is 35.6 Å². The molecular weight excluding hydrogens is 312 g/mol. The van der Waals surface area contributed by atoms with E-state index in [2.05, 4.69) is 44.6 Å². The van der Waals surface area contributed by atoms with Crippen molar-refractivity contribution in [2.24, 2.45) is 0 Å². The molecule has 4 N–H and O–H groups in total. The number of nitrogens with two attached hydrogens (primary N) is 1. The lowest BCUT2D eigenvalue weighted by Crippen LogP contribution is -2.02. The fourth-order valence-electron chi connectivity index (χ4n) is 1.24. The number of aromatic nitrogens is 3. The Bertz CT molecular complexity index is 473. The normalized spacial score (nSPS) is 8.13. The summed E-state index contributed by atoms with van der Waals surface area (Å²) in [4.78, 5) is 11.0. The van der Waals surface area contributed by atoms with Crippen LogP contribution < -0.4 is 16.4 Å². The van der Waals surface area contributed by atoms with Crippen LogP contribution >= 0.6 is 11.6 Å². The van der Waals surface area contributed by atoms with Crippen molar-refractivity contribution in [1.82, 2.24) is 15.0 Å². The molecule has 0 unspecified atom stereocenters. The van der Waals surface area contributed by atoms with Gasteiger partial charge in [0.05, 0.1) is 0 Å². The monoisotopic (exact) mass is 340 g/mol. The molecule has 0 aliphatic carbocycles. The maximum Gasteiger partial charge on any atom is 0.228 e. The number of anilines is 3. The van der Waals surface area contributed by atoms with Gasteiger partial charge in [-0.2, -0.15) is 15.0 Å². The number of nitrogen functional groups attached to an aromatic ring is 1. The molecular formula is C16H29ClN6. The van der Waals surface area contributed by atoms with Gasteiger partial charge in [0.15, 0.2) is 0 Å². The highest BCUT2D eigenvalue weighted by Gasteiger charge is 1.97. The van der Waals surface area contributed by atoms with Gasteiger partial charge in [0.25, 0.3) is 0 Å². The van der Waals surface area contributed by atoms with Crippen LogP contribution in [0, 0.1) is 0 Å². The predicted octanol–water partition coefficient (Wildman–Crippen LogP) is 4.32. The molecule has 0 aliphatic heterocycles. The quantitative estimate of drug-likeness (QED) is 0.771. The van der Waals surface area contributed by atoms with Gasteiger partial charge in [-0.25, -0.2) is 0 Å². The van der Waals surface area contributed by atoms with Crippen LogP contribution in [0.25, 0.3) is 0 Å². The first kappa shape index (κ1) is 23.2. The summed E-state index contributed by atoms with van der Waals surface area (Å²) >= 11 is 5.45. The van der Waals surface area contributed by atoms with Crippen LogP contribution in [0.2, 0.25) is 5.28 Å². The zero-order chi connectivity index (χ0) is 18.1. The smallest absolute Gasteiger partial charge is 0.228 e. The van der Waals surface area contributed by atoms with Crippen molar-refractivity contribution in [3.8, 4) is 0 Å². The molecule has 0 saturated heterocycles. The first-order valence-corrected chi connectivity index (χ1v) is 8.17. The van der Waals surface area contributed by atoms with E-state index in [0.717, 1.165) is 6.54 Å². The third-order valence-electron chi connectivity index (χ3n) is 2.00. The van der Waals surface area contributed by atoms with E-state index in [1.807, 2.05) is 45.9 Å². The van der Waals surface area contributed by atoms with E-state index in [4.69, 9.17) is 17.3 Å². The van der Waals surface area contributed by atoms with Crippen molar-refractivity contribution in [1.29, 1.82) is 0 Å². The molecule has 1 aromatic heterocycles. The lowest BCUT2D eigenvalue weighted by Gasteiger charge is -1.99. The third kappa shape index (κ3) is 12.2. The van der Waals surface area contributed by atoms with Crippen molar-refractivity contribution in [2.45, 2.75) is 34.6 Å². The van der Waals surface area contributed by atoms with E-state index < -0.39 is 0 Å². The summed E-state index contributed by atoms with van der Waals surface area (Å²) in [6.07, 6.45) is 0. The van der Waals surface area contributed by atoms with Gasteiger partial charge in [-0.05, 0) is 30.7 Å². The van der Waals surface area contributed by atoms with Gasteiger partial charge in [0.1, 0.15) is 0 Å². The second-order valence-corrected chi connectivity index (χ2v) is 3.77. The van der Waals surface area contributed by atoms with Crippen molar-refractivity contribution >= 4 is 29.2 Å². The Morgan fingerprint density at radius 3 is 2.00 bits per heavy atom. The molecule has 0 radical (unpaired) electrons. The summed E-state index contributed by atoms with van der Waals surface area (Å²) in [5.41, 5.74) is 6.44. The highest BCUT2D eigenvalue weighted by molar-refractivity contribution is 6.28. The largest absolute Gasteiger partial charge is 0.385 e. The second kappa shape index (κ2) is 16.3. The molecule has 130 valence electrons. The number of rotatable bonds is 3. The van der Waals surface area contributed by atoms with Crippen LogP contribution in [-0.4, -0.2) is 28.5 Å². The summed E-state index contributed by atoms with van der Waals surface area (Å²) in [7, 11) is 1.67. The summed E-state index contributed by atoms with van der Waals surface area (Å²) in [5, 5.41) is 5.98. The van der Waals surface area contributed by atoms with Crippen LogP contribution in [0.3, 0.4) is 0 Å². The average molecular weight is 341 g/mol. The van der Waals surface area contributed by atoms with Crippen molar-refractivity contribution in [2.75, 3.05) is 30.0 Å². The number of halogens is 1. The zero-order valence-corrected chi connectivity index (χ0v) is 15.6.